The molecule has 2 aliphatic heterocycles. The Kier molecular flexibility index (Phi) is 2.70. The number of likely N-dealkylation sites (tertiary alicyclic amines) is 1. The average Bonchev–Trinajstić information content (AvgIpc) is 3.09. The van der Waals surface area contributed by atoms with Crippen LogP contribution in [0.2, 0.25) is 0 Å². The van der Waals surface area contributed by atoms with Crippen LogP contribution in [0.3, 0.4) is 0 Å². The van der Waals surface area contributed by atoms with E-state index in [-0.39, 0.29) is 0 Å². The number of rotatable bonds is 2. The summed E-state index contributed by atoms with van der Waals surface area (Å²) in [6.45, 7) is 5.54. The zero-order valence-corrected chi connectivity index (χ0v) is 11.9. The molecule has 2 aromatic heterocycles. The average molecular weight is 274 g/mol. The Morgan fingerprint density at radius 2 is 2.32 bits per heavy atom. The van der Waals surface area contributed by atoms with Gasteiger partial charge in [0.1, 0.15) is 11.6 Å². The topological polar surface area (TPSA) is 34.0 Å². The second-order valence-electron chi connectivity index (χ2n) is 5.73. The second kappa shape index (κ2) is 4.42. The fraction of sp³-hybridized carbons (Fsp3) is 0.571. The normalized spacial score (nSPS) is 26.4. The summed E-state index contributed by atoms with van der Waals surface area (Å²) in [5, 5.41) is 13.0. The zero-order valence-electron chi connectivity index (χ0n) is 11.1. The standard InChI is InChI=1S/C14H18N4S/c1-10-15-16-14-3-2-12-7-17(8-13(12)18(10)14)6-11-4-5-19-9-11/h4-5,9,12-13H,2-3,6-8H2,1H3/t12-,13+/m1/s1. The fourth-order valence-electron chi connectivity index (χ4n) is 3.62. The van der Waals surface area contributed by atoms with Crippen molar-refractivity contribution in [2.24, 2.45) is 5.92 Å². The predicted octanol–water partition coefficient (Wildman–Crippen LogP) is 2.27. The molecule has 0 radical (unpaired) electrons. The van der Waals surface area contributed by atoms with Gasteiger partial charge in [-0.1, -0.05) is 0 Å². The minimum Gasteiger partial charge on any atom is -0.310 e. The van der Waals surface area contributed by atoms with Crippen LogP contribution in [0.5, 0.6) is 0 Å². The van der Waals surface area contributed by atoms with Crippen molar-refractivity contribution in [1.29, 1.82) is 0 Å². The number of aromatic nitrogens is 3. The molecule has 2 aromatic rings. The summed E-state index contributed by atoms with van der Waals surface area (Å²) in [5.41, 5.74) is 1.45. The van der Waals surface area contributed by atoms with E-state index in [1.807, 2.05) is 0 Å². The Bertz CT molecular complexity index is 574. The first-order valence-electron chi connectivity index (χ1n) is 6.95. The van der Waals surface area contributed by atoms with Crippen LogP contribution in [0.15, 0.2) is 16.8 Å². The molecule has 4 heterocycles. The van der Waals surface area contributed by atoms with E-state index in [0.29, 0.717) is 6.04 Å². The van der Waals surface area contributed by atoms with Gasteiger partial charge in [0.2, 0.25) is 0 Å². The monoisotopic (exact) mass is 274 g/mol. The first-order valence-corrected chi connectivity index (χ1v) is 7.89. The summed E-state index contributed by atoms with van der Waals surface area (Å²) in [6.07, 6.45) is 2.36. The molecule has 2 atom stereocenters. The van der Waals surface area contributed by atoms with E-state index in [1.54, 1.807) is 11.3 Å². The van der Waals surface area contributed by atoms with Gasteiger partial charge in [-0.15, -0.1) is 10.2 Å². The quantitative estimate of drug-likeness (QED) is 0.842. The molecule has 0 amide bonds. The van der Waals surface area contributed by atoms with Crippen molar-refractivity contribution in [3.05, 3.63) is 34.0 Å². The van der Waals surface area contributed by atoms with Gasteiger partial charge < -0.3 is 4.57 Å². The minimum absolute atomic E-state index is 0.595. The number of nitrogens with zero attached hydrogens (tertiary/aromatic N) is 4. The molecule has 0 aromatic carbocycles. The van der Waals surface area contributed by atoms with Crippen LogP contribution >= 0.6 is 11.3 Å². The Labute approximate surface area is 117 Å². The van der Waals surface area contributed by atoms with Gasteiger partial charge >= 0.3 is 0 Å². The smallest absolute Gasteiger partial charge is 0.133 e. The largest absolute Gasteiger partial charge is 0.310 e. The Hall–Kier alpha value is -1.20. The summed E-state index contributed by atoms with van der Waals surface area (Å²) in [5.74, 6) is 3.05. The maximum absolute atomic E-state index is 4.31. The molecule has 0 unspecified atom stereocenters. The third-order valence-corrected chi connectivity index (χ3v) is 5.21. The molecule has 19 heavy (non-hydrogen) atoms. The number of thiophene rings is 1. The van der Waals surface area contributed by atoms with Crippen LogP contribution in [0.25, 0.3) is 0 Å². The lowest BCUT2D eigenvalue weighted by Gasteiger charge is -2.27. The molecule has 0 aliphatic carbocycles. The van der Waals surface area contributed by atoms with Crippen molar-refractivity contribution >= 4 is 11.3 Å². The van der Waals surface area contributed by atoms with E-state index < -0.39 is 0 Å². The first kappa shape index (κ1) is 11.6. The highest BCUT2D eigenvalue weighted by atomic mass is 32.1. The van der Waals surface area contributed by atoms with Crippen molar-refractivity contribution in [3.63, 3.8) is 0 Å². The van der Waals surface area contributed by atoms with E-state index in [2.05, 4.69) is 43.4 Å². The lowest BCUT2D eigenvalue weighted by molar-refractivity contribution is 0.313. The molecule has 0 saturated carbocycles. The van der Waals surface area contributed by atoms with Gasteiger partial charge in [0, 0.05) is 26.1 Å². The maximum Gasteiger partial charge on any atom is 0.133 e. The summed E-state index contributed by atoms with van der Waals surface area (Å²) in [4.78, 5) is 2.59. The molecule has 1 fully saturated rings. The summed E-state index contributed by atoms with van der Waals surface area (Å²) in [7, 11) is 0. The number of aryl methyl sites for hydroxylation is 2. The van der Waals surface area contributed by atoms with E-state index >= 15 is 0 Å². The molecular formula is C14H18N4S. The maximum atomic E-state index is 4.31. The van der Waals surface area contributed by atoms with Crippen LogP contribution in [0.4, 0.5) is 0 Å². The highest BCUT2D eigenvalue weighted by Crippen LogP contribution is 2.37. The third kappa shape index (κ3) is 1.92. The summed E-state index contributed by atoms with van der Waals surface area (Å²) in [6, 6.07) is 2.83. The van der Waals surface area contributed by atoms with Gasteiger partial charge in [-0.25, -0.2) is 0 Å². The summed E-state index contributed by atoms with van der Waals surface area (Å²) >= 11 is 1.79. The van der Waals surface area contributed by atoms with Crippen LogP contribution < -0.4 is 0 Å². The molecule has 2 aliphatic rings. The molecule has 1 saturated heterocycles. The molecule has 4 rings (SSSR count). The van der Waals surface area contributed by atoms with Crippen LogP contribution in [0, 0.1) is 12.8 Å². The van der Waals surface area contributed by atoms with Crippen molar-refractivity contribution in [1.82, 2.24) is 19.7 Å². The van der Waals surface area contributed by atoms with Gasteiger partial charge in [-0.2, -0.15) is 11.3 Å². The highest BCUT2D eigenvalue weighted by Gasteiger charge is 2.38. The van der Waals surface area contributed by atoms with Gasteiger partial charge in [0.15, 0.2) is 0 Å². The van der Waals surface area contributed by atoms with Crippen molar-refractivity contribution in [2.45, 2.75) is 32.4 Å². The van der Waals surface area contributed by atoms with Crippen LogP contribution in [-0.2, 0) is 13.0 Å². The van der Waals surface area contributed by atoms with Crippen molar-refractivity contribution in [2.75, 3.05) is 13.1 Å². The van der Waals surface area contributed by atoms with Crippen LogP contribution in [-0.4, -0.2) is 32.8 Å². The predicted molar refractivity (Wildman–Crippen MR) is 75.2 cm³/mol. The van der Waals surface area contributed by atoms with Crippen LogP contribution in [0.1, 0.15) is 29.7 Å². The van der Waals surface area contributed by atoms with Gasteiger partial charge in [-0.3, -0.25) is 4.90 Å². The van der Waals surface area contributed by atoms with Crippen molar-refractivity contribution in [3.8, 4) is 0 Å². The third-order valence-electron chi connectivity index (χ3n) is 4.48. The SMILES string of the molecule is Cc1nnc2n1[C@H]1CN(Cc3ccsc3)C[C@H]1CC2. The van der Waals surface area contributed by atoms with E-state index in [1.165, 1.54) is 24.4 Å². The Morgan fingerprint density at radius 3 is 3.16 bits per heavy atom. The second-order valence-corrected chi connectivity index (χ2v) is 6.51. The Morgan fingerprint density at radius 1 is 1.37 bits per heavy atom. The molecular weight excluding hydrogens is 256 g/mol. The molecule has 4 nitrogen and oxygen atoms in total. The van der Waals surface area contributed by atoms with E-state index in [0.717, 1.165) is 31.3 Å². The van der Waals surface area contributed by atoms with Gasteiger partial charge in [0.05, 0.1) is 6.04 Å². The fourth-order valence-corrected chi connectivity index (χ4v) is 4.28. The van der Waals surface area contributed by atoms with E-state index in [9.17, 15) is 0 Å². The Balaban J connectivity index is 1.56. The summed E-state index contributed by atoms with van der Waals surface area (Å²) < 4.78 is 2.39. The highest BCUT2D eigenvalue weighted by molar-refractivity contribution is 7.07. The van der Waals surface area contributed by atoms with Crippen molar-refractivity contribution < 1.29 is 0 Å². The molecule has 5 heteroatoms. The first-order chi connectivity index (χ1) is 9.31. The number of hydrogen-bond acceptors (Lipinski definition) is 4. The number of fused-ring (bicyclic) bond motifs is 3. The lowest BCUT2D eigenvalue weighted by Crippen LogP contribution is -2.26. The zero-order chi connectivity index (χ0) is 12.8. The van der Waals surface area contributed by atoms with E-state index in [4.69, 9.17) is 0 Å². The lowest BCUT2D eigenvalue weighted by atomic mass is 9.94. The molecule has 100 valence electrons. The minimum atomic E-state index is 0.595. The molecule has 0 bridgehead atoms. The van der Waals surface area contributed by atoms with Gasteiger partial charge in [-0.05, 0) is 41.7 Å². The van der Waals surface area contributed by atoms with Gasteiger partial charge in [0.25, 0.3) is 0 Å². The molecule has 0 N–H and O–H groups in total. The molecule has 0 spiro atoms. The number of hydrogen-bond donors (Lipinski definition) is 0.